The number of nitrogens with one attached hydrogen (secondary N) is 1. The fourth-order valence-corrected chi connectivity index (χ4v) is 3.02. The molecule has 0 aliphatic rings. The molecule has 3 rings (SSSR count). The summed E-state index contributed by atoms with van der Waals surface area (Å²) in [6.45, 7) is 3.88. The Morgan fingerprint density at radius 1 is 1.19 bits per heavy atom. The van der Waals surface area contributed by atoms with Crippen LogP contribution in [0.15, 0.2) is 36.5 Å². The molecule has 2 heterocycles. The molecule has 27 heavy (non-hydrogen) atoms. The molecule has 140 valence electrons. The van der Waals surface area contributed by atoms with Crippen molar-refractivity contribution in [2.24, 2.45) is 11.1 Å². The fourth-order valence-electron chi connectivity index (χ4n) is 2.23. The van der Waals surface area contributed by atoms with Gasteiger partial charge in [-0.15, -0.1) is 15.3 Å². The summed E-state index contributed by atoms with van der Waals surface area (Å²) in [5.41, 5.74) is 5.69. The summed E-state index contributed by atoms with van der Waals surface area (Å²) in [5.74, 6) is -0.830. The molecular weight excluding hydrogens is 366 g/mol. The number of nitrogens with zero attached hydrogens (tertiary/aromatic N) is 5. The molecule has 0 radical (unpaired) electrons. The highest BCUT2D eigenvalue weighted by Gasteiger charge is 2.26. The van der Waals surface area contributed by atoms with Gasteiger partial charge >= 0.3 is 0 Å². The van der Waals surface area contributed by atoms with E-state index in [1.165, 1.54) is 22.2 Å². The molecule has 0 saturated heterocycles. The predicted octanol–water partition coefficient (Wildman–Crippen LogP) is 1.24. The van der Waals surface area contributed by atoms with Crippen molar-refractivity contribution in [1.82, 2.24) is 30.5 Å². The fraction of sp³-hybridized carbons (Fsp3) is 0.294. The highest BCUT2D eigenvalue weighted by molar-refractivity contribution is 7.14. The summed E-state index contributed by atoms with van der Waals surface area (Å²) in [6.07, 6.45) is 1.48. The van der Waals surface area contributed by atoms with Crippen LogP contribution in [0, 0.1) is 5.41 Å². The van der Waals surface area contributed by atoms with Crippen molar-refractivity contribution in [2.75, 3.05) is 0 Å². The van der Waals surface area contributed by atoms with E-state index in [0.717, 1.165) is 10.6 Å². The van der Waals surface area contributed by atoms with Gasteiger partial charge in [-0.05, 0) is 13.8 Å². The summed E-state index contributed by atoms with van der Waals surface area (Å²) < 4.78 is 1.43. The Bertz CT molecular complexity index is 949. The van der Waals surface area contributed by atoms with Gasteiger partial charge in [0.1, 0.15) is 10.0 Å². The normalized spacial score (nSPS) is 11.3. The van der Waals surface area contributed by atoms with Crippen molar-refractivity contribution < 1.29 is 9.59 Å². The number of rotatable bonds is 7. The van der Waals surface area contributed by atoms with Crippen LogP contribution >= 0.6 is 11.3 Å². The number of benzene rings is 1. The number of hydrogen-bond donors (Lipinski definition) is 2. The molecule has 1 aromatic carbocycles. The van der Waals surface area contributed by atoms with Crippen LogP contribution in [-0.2, 0) is 17.9 Å². The van der Waals surface area contributed by atoms with Crippen LogP contribution in [0.5, 0.6) is 0 Å². The highest BCUT2D eigenvalue weighted by Crippen LogP contribution is 2.22. The molecule has 2 aromatic heterocycles. The van der Waals surface area contributed by atoms with Crippen LogP contribution in [0.4, 0.5) is 0 Å². The molecular formula is C17H19N7O2S. The molecule has 3 aromatic rings. The molecule has 0 bridgehead atoms. The minimum absolute atomic E-state index is 0.156. The second-order valence-corrected chi connectivity index (χ2v) is 7.66. The maximum Gasteiger partial charge on any atom is 0.273 e. The average Bonchev–Trinajstić information content (AvgIpc) is 3.29. The number of aromatic nitrogens is 5. The predicted molar refractivity (Wildman–Crippen MR) is 99.5 cm³/mol. The van der Waals surface area contributed by atoms with E-state index < -0.39 is 11.3 Å². The first kappa shape index (κ1) is 18.6. The van der Waals surface area contributed by atoms with E-state index in [1.54, 1.807) is 13.8 Å². The first-order valence-electron chi connectivity index (χ1n) is 8.21. The van der Waals surface area contributed by atoms with E-state index in [0.29, 0.717) is 5.01 Å². The monoisotopic (exact) mass is 385 g/mol. The Hall–Kier alpha value is -3.14. The second-order valence-electron chi connectivity index (χ2n) is 6.60. The van der Waals surface area contributed by atoms with Crippen molar-refractivity contribution in [3.8, 4) is 10.6 Å². The van der Waals surface area contributed by atoms with Gasteiger partial charge in [-0.2, -0.15) is 0 Å². The van der Waals surface area contributed by atoms with Crippen molar-refractivity contribution in [1.29, 1.82) is 0 Å². The molecule has 0 fully saturated rings. The lowest BCUT2D eigenvalue weighted by atomic mass is 9.93. The van der Waals surface area contributed by atoms with Crippen molar-refractivity contribution >= 4 is 23.2 Å². The Labute approximate surface area is 159 Å². The summed E-state index contributed by atoms with van der Waals surface area (Å²) in [4.78, 5) is 23.6. The van der Waals surface area contributed by atoms with Crippen molar-refractivity contribution in [3.05, 3.63) is 47.2 Å². The third-order valence-corrected chi connectivity index (χ3v) is 4.86. The maximum atomic E-state index is 12.2. The topological polar surface area (TPSA) is 129 Å². The zero-order chi connectivity index (χ0) is 19.4. The van der Waals surface area contributed by atoms with Crippen LogP contribution in [0.2, 0.25) is 0 Å². The molecule has 9 nitrogen and oxygen atoms in total. The Morgan fingerprint density at radius 2 is 1.93 bits per heavy atom. The first-order valence-corrected chi connectivity index (χ1v) is 9.03. The van der Waals surface area contributed by atoms with Gasteiger partial charge in [-0.3, -0.25) is 14.3 Å². The lowest BCUT2D eigenvalue weighted by Gasteiger charge is -2.19. The number of carbonyl (C=O) groups excluding carboxylic acids is 2. The van der Waals surface area contributed by atoms with E-state index in [4.69, 9.17) is 5.73 Å². The lowest BCUT2D eigenvalue weighted by molar-refractivity contribution is -0.126. The number of hydrogen-bond acceptors (Lipinski definition) is 7. The number of nitrogens with two attached hydrogens (primary N) is 1. The van der Waals surface area contributed by atoms with Crippen molar-refractivity contribution in [2.45, 2.75) is 26.9 Å². The second kappa shape index (κ2) is 7.62. The first-order chi connectivity index (χ1) is 12.8. The van der Waals surface area contributed by atoms with Gasteiger partial charge in [0.05, 0.1) is 24.7 Å². The third kappa shape index (κ3) is 4.53. The molecule has 0 unspecified atom stereocenters. The molecule has 0 spiro atoms. The van der Waals surface area contributed by atoms with Gasteiger partial charge in [-0.25, -0.2) is 0 Å². The summed E-state index contributed by atoms with van der Waals surface area (Å²) in [5, 5.41) is 20.2. The van der Waals surface area contributed by atoms with Crippen LogP contribution in [-0.4, -0.2) is 37.0 Å². The van der Waals surface area contributed by atoms with Crippen LogP contribution in [0.1, 0.15) is 29.3 Å². The Morgan fingerprint density at radius 3 is 2.63 bits per heavy atom. The molecule has 0 aliphatic carbocycles. The third-order valence-electron chi connectivity index (χ3n) is 3.88. The maximum absolute atomic E-state index is 12.2. The molecule has 0 saturated carbocycles. The van der Waals surface area contributed by atoms with Gasteiger partial charge in [0.25, 0.3) is 5.91 Å². The molecule has 3 N–H and O–H groups in total. The SMILES string of the molecule is CC(C)(Cn1cc(C(=O)NCc2nnc(-c3ccccc3)s2)nn1)C(N)=O. The molecule has 10 heteroatoms. The van der Waals surface area contributed by atoms with Crippen LogP contribution in [0.25, 0.3) is 10.6 Å². The van der Waals surface area contributed by atoms with Gasteiger partial charge in [0, 0.05) is 5.56 Å². The summed E-state index contributed by atoms with van der Waals surface area (Å²) in [6, 6.07) is 9.70. The molecule has 0 atom stereocenters. The molecule has 0 aliphatic heterocycles. The minimum atomic E-state index is -0.790. The summed E-state index contributed by atoms with van der Waals surface area (Å²) >= 11 is 1.41. The van der Waals surface area contributed by atoms with E-state index in [1.807, 2.05) is 30.3 Å². The zero-order valence-electron chi connectivity index (χ0n) is 14.9. The van der Waals surface area contributed by atoms with E-state index in [-0.39, 0.29) is 24.7 Å². The van der Waals surface area contributed by atoms with Crippen LogP contribution < -0.4 is 11.1 Å². The zero-order valence-corrected chi connectivity index (χ0v) is 15.7. The smallest absolute Gasteiger partial charge is 0.273 e. The highest BCUT2D eigenvalue weighted by atomic mass is 32.1. The van der Waals surface area contributed by atoms with Gasteiger partial charge < -0.3 is 11.1 Å². The van der Waals surface area contributed by atoms with E-state index in [9.17, 15) is 9.59 Å². The van der Waals surface area contributed by atoms with Crippen molar-refractivity contribution in [3.63, 3.8) is 0 Å². The van der Waals surface area contributed by atoms with Gasteiger partial charge in [0.2, 0.25) is 5.91 Å². The summed E-state index contributed by atoms with van der Waals surface area (Å²) in [7, 11) is 0. The number of carbonyl (C=O) groups is 2. The average molecular weight is 385 g/mol. The Balaban J connectivity index is 1.59. The number of primary amides is 1. The Kier molecular flexibility index (Phi) is 5.26. The largest absolute Gasteiger partial charge is 0.369 e. The lowest BCUT2D eigenvalue weighted by Crippen LogP contribution is -2.35. The number of amides is 2. The standard InChI is InChI=1S/C17H19N7O2S/c1-17(2,16(18)26)10-24-9-12(20-23-24)14(25)19-8-13-21-22-15(27-13)11-6-4-3-5-7-11/h3-7,9H,8,10H2,1-2H3,(H2,18,26)(H,19,25). The quantitative estimate of drug-likeness (QED) is 0.629. The van der Waals surface area contributed by atoms with Gasteiger partial charge in [0.15, 0.2) is 5.69 Å². The van der Waals surface area contributed by atoms with Gasteiger partial charge in [-0.1, -0.05) is 46.9 Å². The van der Waals surface area contributed by atoms with E-state index in [2.05, 4.69) is 25.8 Å². The molecule has 2 amide bonds. The minimum Gasteiger partial charge on any atom is -0.369 e. The van der Waals surface area contributed by atoms with Crippen LogP contribution in [0.3, 0.4) is 0 Å². The van der Waals surface area contributed by atoms with E-state index >= 15 is 0 Å².